The van der Waals surface area contributed by atoms with Gasteiger partial charge >= 0.3 is 6.01 Å². The zero-order chi connectivity index (χ0) is 12.8. The molecule has 0 aromatic carbocycles. The molecule has 2 rings (SSSR count). The monoisotopic (exact) mass is 263 g/mol. The molecule has 96 valence electrons. The Hall–Kier alpha value is -1.46. The molecule has 0 aliphatic carbocycles. The maximum absolute atomic E-state index is 5.55. The molecule has 0 saturated heterocycles. The lowest BCUT2D eigenvalue weighted by Gasteiger charge is -2.09. The van der Waals surface area contributed by atoms with Crippen molar-refractivity contribution < 1.29 is 4.74 Å². The second-order valence-corrected chi connectivity index (χ2v) is 5.15. The van der Waals surface area contributed by atoms with Crippen LogP contribution in [0.5, 0.6) is 6.01 Å². The van der Waals surface area contributed by atoms with E-state index in [9.17, 15) is 0 Å². The normalized spacial score (nSPS) is 10.8. The summed E-state index contributed by atoms with van der Waals surface area (Å²) in [7, 11) is 4.10. The molecule has 0 atom stereocenters. The molecule has 0 bridgehead atoms. The number of aromatic nitrogens is 2. The van der Waals surface area contributed by atoms with Crippen molar-refractivity contribution in [3.05, 3.63) is 29.8 Å². The predicted octanol–water partition coefficient (Wildman–Crippen LogP) is 2.54. The van der Waals surface area contributed by atoms with Crippen LogP contribution >= 0.6 is 11.3 Å². The Labute approximate surface area is 111 Å². The second-order valence-electron chi connectivity index (χ2n) is 4.21. The van der Waals surface area contributed by atoms with Crippen LogP contribution in [-0.4, -0.2) is 42.1 Å². The second kappa shape index (κ2) is 6.47. The summed E-state index contributed by atoms with van der Waals surface area (Å²) in [4.78, 5) is 11.8. The van der Waals surface area contributed by atoms with Crippen molar-refractivity contribution in [2.45, 2.75) is 6.42 Å². The van der Waals surface area contributed by atoms with Crippen molar-refractivity contribution in [1.82, 2.24) is 14.9 Å². The Kier molecular flexibility index (Phi) is 4.66. The summed E-state index contributed by atoms with van der Waals surface area (Å²) in [5, 5.41) is 2.04. The summed E-state index contributed by atoms with van der Waals surface area (Å²) in [6.45, 7) is 1.65. The number of rotatable bonds is 6. The SMILES string of the molecule is CN(C)CCCOc1nccc(-c2cccs2)n1. The summed E-state index contributed by atoms with van der Waals surface area (Å²) in [6.07, 6.45) is 2.71. The lowest BCUT2D eigenvalue weighted by molar-refractivity contribution is 0.264. The highest BCUT2D eigenvalue weighted by Gasteiger charge is 2.03. The first-order chi connectivity index (χ1) is 8.75. The van der Waals surface area contributed by atoms with Gasteiger partial charge in [0.15, 0.2) is 0 Å². The number of hydrogen-bond acceptors (Lipinski definition) is 5. The fraction of sp³-hybridized carbons (Fsp3) is 0.385. The quantitative estimate of drug-likeness (QED) is 0.751. The van der Waals surface area contributed by atoms with E-state index >= 15 is 0 Å². The van der Waals surface area contributed by atoms with Gasteiger partial charge in [0.2, 0.25) is 0 Å². The molecule has 0 unspecified atom stereocenters. The van der Waals surface area contributed by atoms with Gasteiger partial charge in [0.1, 0.15) is 0 Å². The molecule has 0 spiro atoms. The lowest BCUT2D eigenvalue weighted by atomic mass is 10.3. The van der Waals surface area contributed by atoms with E-state index in [1.807, 2.05) is 37.7 Å². The van der Waals surface area contributed by atoms with Gasteiger partial charge in [-0.15, -0.1) is 11.3 Å². The number of hydrogen-bond donors (Lipinski definition) is 0. The van der Waals surface area contributed by atoms with Crippen molar-refractivity contribution in [1.29, 1.82) is 0 Å². The third-order valence-corrected chi connectivity index (χ3v) is 3.28. The van der Waals surface area contributed by atoms with E-state index in [1.165, 1.54) is 0 Å². The Morgan fingerprint density at radius 2 is 2.22 bits per heavy atom. The minimum atomic E-state index is 0.458. The maximum Gasteiger partial charge on any atom is 0.316 e. The van der Waals surface area contributed by atoms with Crippen molar-refractivity contribution in [2.24, 2.45) is 0 Å². The summed E-state index contributed by atoms with van der Waals surface area (Å²) in [6, 6.07) is 6.42. The average molecular weight is 263 g/mol. The molecule has 18 heavy (non-hydrogen) atoms. The minimum Gasteiger partial charge on any atom is -0.463 e. The number of nitrogens with zero attached hydrogens (tertiary/aromatic N) is 3. The van der Waals surface area contributed by atoms with Gasteiger partial charge in [-0.25, -0.2) is 4.98 Å². The molecule has 0 aliphatic rings. The van der Waals surface area contributed by atoms with Gasteiger partial charge in [-0.05, 0) is 38.0 Å². The van der Waals surface area contributed by atoms with Crippen LogP contribution in [0.15, 0.2) is 29.8 Å². The summed E-state index contributed by atoms with van der Waals surface area (Å²) < 4.78 is 5.55. The van der Waals surface area contributed by atoms with Gasteiger partial charge in [-0.1, -0.05) is 6.07 Å². The van der Waals surface area contributed by atoms with Crippen molar-refractivity contribution >= 4 is 11.3 Å². The standard InChI is InChI=1S/C13H17N3OS/c1-16(2)8-4-9-17-13-14-7-6-11(15-13)12-5-3-10-18-12/h3,5-7,10H,4,8-9H2,1-2H3. The highest BCUT2D eigenvalue weighted by Crippen LogP contribution is 2.23. The van der Waals surface area contributed by atoms with Crippen LogP contribution in [0.25, 0.3) is 10.6 Å². The lowest BCUT2D eigenvalue weighted by Crippen LogP contribution is -2.16. The highest BCUT2D eigenvalue weighted by molar-refractivity contribution is 7.13. The van der Waals surface area contributed by atoms with E-state index in [-0.39, 0.29) is 0 Å². The summed E-state index contributed by atoms with van der Waals surface area (Å²) in [5.74, 6) is 0. The van der Waals surface area contributed by atoms with Gasteiger partial charge in [0.25, 0.3) is 0 Å². The molecular formula is C13H17N3OS. The zero-order valence-electron chi connectivity index (χ0n) is 10.7. The Morgan fingerprint density at radius 3 is 2.94 bits per heavy atom. The Morgan fingerprint density at radius 1 is 1.33 bits per heavy atom. The fourth-order valence-electron chi connectivity index (χ4n) is 1.52. The average Bonchev–Trinajstić information content (AvgIpc) is 2.89. The van der Waals surface area contributed by atoms with Crippen LogP contribution in [0.4, 0.5) is 0 Å². The number of ether oxygens (including phenoxy) is 1. The van der Waals surface area contributed by atoms with Crippen molar-refractivity contribution in [3.63, 3.8) is 0 Å². The van der Waals surface area contributed by atoms with Crippen LogP contribution in [-0.2, 0) is 0 Å². The van der Waals surface area contributed by atoms with E-state index in [0.717, 1.165) is 23.5 Å². The largest absolute Gasteiger partial charge is 0.463 e. The van der Waals surface area contributed by atoms with Crippen LogP contribution < -0.4 is 4.74 Å². The predicted molar refractivity (Wildman–Crippen MR) is 74.0 cm³/mol. The molecule has 0 amide bonds. The maximum atomic E-state index is 5.55. The van der Waals surface area contributed by atoms with Crippen molar-refractivity contribution in [3.8, 4) is 16.6 Å². The van der Waals surface area contributed by atoms with Crippen LogP contribution in [0.3, 0.4) is 0 Å². The molecule has 0 radical (unpaired) electrons. The van der Waals surface area contributed by atoms with Gasteiger partial charge in [0, 0.05) is 12.7 Å². The molecule has 2 aromatic rings. The Balaban J connectivity index is 1.92. The first-order valence-electron chi connectivity index (χ1n) is 5.90. The molecular weight excluding hydrogens is 246 g/mol. The molecule has 5 heteroatoms. The zero-order valence-corrected chi connectivity index (χ0v) is 11.5. The van der Waals surface area contributed by atoms with Gasteiger partial charge in [0.05, 0.1) is 17.2 Å². The topological polar surface area (TPSA) is 38.2 Å². The number of thiophene rings is 1. The molecule has 0 aliphatic heterocycles. The third kappa shape index (κ3) is 3.78. The minimum absolute atomic E-state index is 0.458. The molecule has 0 N–H and O–H groups in total. The van der Waals surface area contributed by atoms with Crippen LogP contribution in [0, 0.1) is 0 Å². The van der Waals surface area contributed by atoms with Crippen molar-refractivity contribution in [2.75, 3.05) is 27.2 Å². The van der Waals surface area contributed by atoms with E-state index in [2.05, 4.69) is 14.9 Å². The molecule has 2 heterocycles. The van der Waals surface area contributed by atoms with E-state index in [4.69, 9.17) is 4.74 Å². The molecule has 2 aromatic heterocycles. The van der Waals surface area contributed by atoms with E-state index in [0.29, 0.717) is 12.6 Å². The van der Waals surface area contributed by atoms with Crippen LogP contribution in [0.1, 0.15) is 6.42 Å². The molecule has 4 nitrogen and oxygen atoms in total. The van der Waals surface area contributed by atoms with Gasteiger partial charge < -0.3 is 9.64 Å². The van der Waals surface area contributed by atoms with E-state index < -0.39 is 0 Å². The summed E-state index contributed by atoms with van der Waals surface area (Å²) in [5.41, 5.74) is 0.919. The van der Waals surface area contributed by atoms with Gasteiger partial charge in [-0.3, -0.25) is 0 Å². The fourth-order valence-corrected chi connectivity index (χ4v) is 2.21. The smallest absolute Gasteiger partial charge is 0.316 e. The molecule has 0 saturated carbocycles. The first-order valence-corrected chi connectivity index (χ1v) is 6.78. The van der Waals surface area contributed by atoms with Gasteiger partial charge in [-0.2, -0.15) is 4.98 Å². The summed E-state index contributed by atoms with van der Waals surface area (Å²) >= 11 is 1.66. The molecule has 0 fully saturated rings. The third-order valence-electron chi connectivity index (χ3n) is 2.39. The van der Waals surface area contributed by atoms with Crippen LogP contribution in [0.2, 0.25) is 0 Å². The Bertz CT molecular complexity index is 471. The first kappa shape index (κ1) is 13.0. The van der Waals surface area contributed by atoms with E-state index in [1.54, 1.807) is 17.5 Å². The highest BCUT2D eigenvalue weighted by atomic mass is 32.1.